The lowest BCUT2D eigenvalue weighted by atomic mass is 9.47. The van der Waals surface area contributed by atoms with Gasteiger partial charge in [-0.3, -0.25) is 0 Å². The molecule has 8 atom stereocenters. The molecule has 3 fully saturated rings. The third kappa shape index (κ3) is 5.90. The van der Waals surface area contributed by atoms with Gasteiger partial charge in [-0.25, -0.2) is 4.79 Å². The molecule has 222 valence electrons. The maximum absolute atomic E-state index is 12.0. The second-order valence-corrected chi connectivity index (χ2v) is 20.6. The molecular weight excluding hydrogens is 496 g/mol. The second kappa shape index (κ2) is 11.4. The maximum Gasteiger partial charge on any atom is 0.333 e. The smallest absolute Gasteiger partial charge is 0.333 e. The van der Waals surface area contributed by atoms with Crippen molar-refractivity contribution < 1.29 is 14.0 Å². The largest absolute Gasteiger partial charge is 0.463 e. The Morgan fingerprint density at radius 1 is 1.13 bits per heavy atom. The fourth-order valence-electron chi connectivity index (χ4n) is 9.39. The number of hydrogen-bond acceptors (Lipinski definition) is 3. The normalized spacial score (nSPS) is 37.8. The van der Waals surface area contributed by atoms with Crippen molar-refractivity contribution in [1.29, 1.82) is 0 Å². The van der Waals surface area contributed by atoms with Crippen molar-refractivity contribution in [1.82, 2.24) is 0 Å². The molecule has 4 aliphatic carbocycles. The number of ether oxygens (including phenoxy) is 1. The number of carbonyl (C=O) groups excluding carboxylic acids is 1. The van der Waals surface area contributed by atoms with Crippen molar-refractivity contribution in [2.75, 3.05) is 6.61 Å². The maximum atomic E-state index is 12.0. The number of hydrogen-bond donors (Lipinski definition) is 0. The Bertz CT molecular complexity index is 957. The summed E-state index contributed by atoms with van der Waals surface area (Å²) in [5, 5.41) is 0.278. The highest BCUT2D eigenvalue weighted by molar-refractivity contribution is 6.74. The second-order valence-electron chi connectivity index (χ2n) is 15.9. The molecule has 0 N–H and O–H groups in total. The van der Waals surface area contributed by atoms with Crippen molar-refractivity contribution in [3.05, 3.63) is 23.3 Å². The number of fused-ring (bicyclic) bond motifs is 5. The molecule has 4 heteroatoms. The molecule has 0 aromatic rings. The fraction of sp³-hybridized carbons (Fsp3) is 0.857. The minimum atomic E-state index is -1.73. The summed E-state index contributed by atoms with van der Waals surface area (Å²) in [7, 11) is -1.73. The number of rotatable bonds is 8. The van der Waals surface area contributed by atoms with Gasteiger partial charge in [0.25, 0.3) is 0 Å². The first-order valence-corrected chi connectivity index (χ1v) is 19.3. The predicted molar refractivity (Wildman–Crippen MR) is 166 cm³/mol. The molecule has 0 bridgehead atoms. The van der Waals surface area contributed by atoms with E-state index in [0.29, 0.717) is 29.5 Å². The van der Waals surface area contributed by atoms with Gasteiger partial charge >= 0.3 is 5.97 Å². The van der Waals surface area contributed by atoms with Crippen LogP contribution in [0.2, 0.25) is 18.1 Å². The first-order valence-electron chi connectivity index (χ1n) is 16.3. The van der Waals surface area contributed by atoms with Gasteiger partial charge in [0.1, 0.15) is 0 Å². The average molecular weight is 557 g/mol. The van der Waals surface area contributed by atoms with Gasteiger partial charge in [-0.15, -0.1) is 0 Å². The SMILES string of the molecule is CCOC(=O)/C(C)=C/CC[C@@H](C)[C@H]1CC[C@H]2[C@@H]3CC=C4C[C@@H](O[Si](C)(C)C(C)(C)C)CC[C@]4(C)[C@H]3CC[C@]12C. The summed E-state index contributed by atoms with van der Waals surface area (Å²) in [5.74, 6) is 3.95. The Labute approximate surface area is 242 Å². The van der Waals surface area contributed by atoms with Crippen LogP contribution in [-0.4, -0.2) is 27.0 Å². The highest BCUT2D eigenvalue weighted by Crippen LogP contribution is 2.67. The molecule has 0 aliphatic heterocycles. The van der Waals surface area contributed by atoms with Gasteiger partial charge in [0, 0.05) is 11.7 Å². The van der Waals surface area contributed by atoms with Gasteiger partial charge in [0.05, 0.1) is 6.61 Å². The van der Waals surface area contributed by atoms with Crippen LogP contribution >= 0.6 is 0 Å². The monoisotopic (exact) mass is 556 g/mol. The van der Waals surface area contributed by atoms with Crippen LogP contribution in [0.25, 0.3) is 0 Å². The van der Waals surface area contributed by atoms with E-state index in [0.717, 1.165) is 35.7 Å². The van der Waals surface area contributed by atoms with Crippen LogP contribution in [0, 0.1) is 40.4 Å². The van der Waals surface area contributed by atoms with E-state index in [1.807, 2.05) is 13.8 Å². The molecule has 3 saturated carbocycles. The molecule has 4 aliphatic rings. The highest BCUT2D eigenvalue weighted by Gasteiger charge is 2.59. The van der Waals surface area contributed by atoms with Gasteiger partial charge in [-0.1, -0.05) is 59.3 Å². The van der Waals surface area contributed by atoms with E-state index in [9.17, 15) is 4.79 Å². The van der Waals surface area contributed by atoms with E-state index in [-0.39, 0.29) is 11.0 Å². The van der Waals surface area contributed by atoms with Crippen molar-refractivity contribution in [2.45, 2.75) is 144 Å². The summed E-state index contributed by atoms with van der Waals surface area (Å²) < 4.78 is 12.1. The molecule has 39 heavy (non-hydrogen) atoms. The highest BCUT2D eigenvalue weighted by atomic mass is 28.4. The van der Waals surface area contributed by atoms with Crippen LogP contribution in [0.1, 0.15) is 120 Å². The van der Waals surface area contributed by atoms with Crippen molar-refractivity contribution in [3.8, 4) is 0 Å². The molecule has 0 aromatic heterocycles. The Morgan fingerprint density at radius 3 is 2.51 bits per heavy atom. The first kappa shape index (κ1) is 31.1. The van der Waals surface area contributed by atoms with Crippen LogP contribution < -0.4 is 0 Å². The van der Waals surface area contributed by atoms with E-state index in [2.05, 4.69) is 66.8 Å². The minimum absolute atomic E-state index is 0.157. The van der Waals surface area contributed by atoms with Crippen LogP contribution in [0.15, 0.2) is 23.3 Å². The molecule has 3 nitrogen and oxygen atoms in total. The minimum Gasteiger partial charge on any atom is -0.463 e. The predicted octanol–water partition coefficient (Wildman–Crippen LogP) is 9.88. The Kier molecular flexibility index (Phi) is 9.10. The van der Waals surface area contributed by atoms with Crippen LogP contribution in [0.4, 0.5) is 0 Å². The number of esters is 1. The lowest BCUT2D eigenvalue weighted by Crippen LogP contribution is -2.52. The fourth-order valence-corrected chi connectivity index (χ4v) is 10.8. The van der Waals surface area contributed by atoms with Gasteiger partial charge < -0.3 is 9.16 Å². The Balaban J connectivity index is 1.42. The van der Waals surface area contributed by atoms with E-state index < -0.39 is 8.32 Å². The zero-order chi connectivity index (χ0) is 28.8. The lowest BCUT2D eigenvalue weighted by molar-refractivity contribution is -0.138. The molecule has 0 aromatic carbocycles. The van der Waals surface area contributed by atoms with Crippen molar-refractivity contribution in [3.63, 3.8) is 0 Å². The van der Waals surface area contributed by atoms with Crippen LogP contribution in [0.5, 0.6) is 0 Å². The number of allylic oxidation sites excluding steroid dienone is 2. The van der Waals surface area contributed by atoms with E-state index >= 15 is 0 Å². The van der Waals surface area contributed by atoms with Gasteiger partial charge in [0.15, 0.2) is 8.32 Å². The summed E-state index contributed by atoms with van der Waals surface area (Å²) in [6, 6.07) is 0. The third-order valence-electron chi connectivity index (χ3n) is 12.8. The average Bonchev–Trinajstić information content (AvgIpc) is 3.20. The van der Waals surface area contributed by atoms with Crippen molar-refractivity contribution >= 4 is 14.3 Å². The topological polar surface area (TPSA) is 35.5 Å². The Morgan fingerprint density at radius 2 is 1.85 bits per heavy atom. The van der Waals surface area contributed by atoms with Crippen LogP contribution in [0.3, 0.4) is 0 Å². The Hall–Kier alpha value is -0.873. The van der Waals surface area contributed by atoms with Gasteiger partial charge in [-0.05, 0) is 137 Å². The summed E-state index contributed by atoms with van der Waals surface area (Å²) >= 11 is 0. The zero-order valence-corrected chi connectivity index (χ0v) is 28.1. The molecular formula is C35H60O3Si. The standard InChI is InChI=1S/C35H60O3Si/c1-11-37-32(36)25(3)14-12-13-24(2)29-17-18-30-28-16-15-26-23-27(38-39(9,10)33(4,5)6)19-21-34(26,7)31(28)20-22-35(29,30)8/h14-15,24,27-31H,11-13,16-23H2,1-10H3/b25-14+/t24-,27+,28+,29-,30+,31+,34+,35-/m1/s1. The summed E-state index contributed by atoms with van der Waals surface area (Å²) in [6.45, 7) is 23.9. The van der Waals surface area contributed by atoms with Crippen molar-refractivity contribution in [2.24, 2.45) is 40.4 Å². The molecule has 0 unspecified atom stereocenters. The molecule has 0 heterocycles. The van der Waals surface area contributed by atoms with E-state index in [1.54, 1.807) is 5.57 Å². The molecule has 0 spiro atoms. The quantitative estimate of drug-likeness (QED) is 0.129. The lowest BCUT2D eigenvalue weighted by Gasteiger charge is -2.59. The summed E-state index contributed by atoms with van der Waals surface area (Å²) in [5.41, 5.74) is 3.37. The molecule has 0 radical (unpaired) electrons. The van der Waals surface area contributed by atoms with E-state index in [1.165, 1.54) is 57.8 Å². The molecule has 4 rings (SSSR count). The molecule has 0 amide bonds. The number of carbonyl (C=O) groups is 1. The molecule has 0 saturated heterocycles. The first-order chi connectivity index (χ1) is 18.1. The summed E-state index contributed by atoms with van der Waals surface area (Å²) in [6.07, 6.45) is 18.0. The van der Waals surface area contributed by atoms with Gasteiger partial charge in [0.2, 0.25) is 0 Å². The third-order valence-corrected chi connectivity index (χ3v) is 17.3. The zero-order valence-electron chi connectivity index (χ0n) is 27.1. The van der Waals surface area contributed by atoms with E-state index in [4.69, 9.17) is 9.16 Å². The van der Waals surface area contributed by atoms with Gasteiger partial charge in [-0.2, -0.15) is 0 Å². The van der Waals surface area contributed by atoms with Crippen LogP contribution in [-0.2, 0) is 14.0 Å². The summed E-state index contributed by atoms with van der Waals surface area (Å²) in [4.78, 5) is 12.0.